The second-order valence-electron chi connectivity index (χ2n) is 5.50. The van der Waals surface area contributed by atoms with Crippen molar-refractivity contribution in [2.75, 3.05) is 18.0 Å². The fraction of sp³-hybridized carbons (Fsp3) is 0.571. The standard InChI is InChI=1S/C14H18N4S/c1-2-11(8-15-10-3-4-10)18(6-1)14-13-12(5-7-19-13)16-9-17-14/h5,7,9-11,15H,1-4,6,8H2. The van der Waals surface area contributed by atoms with Crippen LogP contribution in [0, 0.1) is 0 Å². The van der Waals surface area contributed by atoms with Gasteiger partial charge in [0, 0.05) is 25.2 Å². The summed E-state index contributed by atoms with van der Waals surface area (Å²) in [4.78, 5) is 11.4. The van der Waals surface area contributed by atoms with Gasteiger partial charge in [-0.2, -0.15) is 0 Å². The number of hydrogen-bond acceptors (Lipinski definition) is 5. The molecular weight excluding hydrogens is 256 g/mol. The maximum atomic E-state index is 4.55. The summed E-state index contributed by atoms with van der Waals surface area (Å²) in [6.07, 6.45) is 6.96. The van der Waals surface area contributed by atoms with E-state index in [9.17, 15) is 0 Å². The van der Waals surface area contributed by atoms with Crippen molar-refractivity contribution < 1.29 is 0 Å². The monoisotopic (exact) mass is 274 g/mol. The number of thiophene rings is 1. The Hall–Kier alpha value is -1.20. The summed E-state index contributed by atoms with van der Waals surface area (Å²) in [5, 5.41) is 5.77. The van der Waals surface area contributed by atoms with Crippen LogP contribution >= 0.6 is 11.3 Å². The molecule has 1 unspecified atom stereocenters. The average Bonchev–Trinajstić information content (AvgIpc) is 2.96. The molecule has 3 heterocycles. The largest absolute Gasteiger partial charge is 0.351 e. The molecule has 4 rings (SSSR count). The van der Waals surface area contributed by atoms with Crippen molar-refractivity contribution in [3.05, 3.63) is 17.8 Å². The molecule has 0 radical (unpaired) electrons. The van der Waals surface area contributed by atoms with E-state index in [1.54, 1.807) is 17.7 Å². The van der Waals surface area contributed by atoms with Crippen molar-refractivity contribution in [1.29, 1.82) is 0 Å². The lowest BCUT2D eigenvalue weighted by Crippen LogP contribution is -2.39. The summed E-state index contributed by atoms with van der Waals surface area (Å²) in [5.74, 6) is 1.14. The number of fused-ring (bicyclic) bond motifs is 1. The number of nitrogens with zero attached hydrogens (tertiary/aromatic N) is 3. The van der Waals surface area contributed by atoms with Crippen LogP contribution < -0.4 is 10.2 Å². The Labute approximate surface area is 116 Å². The predicted octanol–water partition coefficient (Wildman–Crippen LogP) is 2.41. The molecule has 19 heavy (non-hydrogen) atoms. The van der Waals surface area contributed by atoms with Crippen molar-refractivity contribution >= 4 is 27.4 Å². The van der Waals surface area contributed by atoms with E-state index >= 15 is 0 Å². The summed E-state index contributed by atoms with van der Waals surface area (Å²) >= 11 is 1.75. The molecule has 5 heteroatoms. The highest BCUT2D eigenvalue weighted by molar-refractivity contribution is 7.17. The molecular formula is C14H18N4S. The van der Waals surface area contributed by atoms with Crippen LogP contribution in [0.25, 0.3) is 10.2 Å². The molecule has 0 bridgehead atoms. The van der Waals surface area contributed by atoms with Gasteiger partial charge in [-0.25, -0.2) is 9.97 Å². The van der Waals surface area contributed by atoms with Crippen LogP contribution in [0.15, 0.2) is 17.8 Å². The molecule has 2 aromatic rings. The molecule has 100 valence electrons. The number of hydrogen-bond donors (Lipinski definition) is 1. The predicted molar refractivity (Wildman–Crippen MR) is 78.8 cm³/mol. The number of aromatic nitrogens is 2. The van der Waals surface area contributed by atoms with Crippen molar-refractivity contribution in [3.8, 4) is 0 Å². The van der Waals surface area contributed by atoms with Gasteiger partial charge in [-0.3, -0.25) is 0 Å². The molecule has 1 aliphatic heterocycles. The first-order valence-corrected chi connectivity index (χ1v) is 7.98. The molecule has 1 N–H and O–H groups in total. The van der Waals surface area contributed by atoms with Gasteiger partial charge in [0.25, 0.3) is 0 Å². The van der Waals surface area contributed by atoms with E-state index in [1.165, 1.54) is 30.4 Å². The van der Waals surface area contributed by atoms with Gasteiger partial charge >= 0.3 is 0 Å². The quantitative estimate of drug-likeness (QED) is 0.929. The number of rotatable bonds is 4. The maximum absolute atomic E-state index is 4.55. The first-order chi connectivity index (χ1) is 9.42. The Bertz CT molecular complexity index is 578. The molecule has 2 aliphatic rings. The van der Waals surface area contributed by atoms with Gasteiger partial charge in [-0.05, 0) is 37.1 Å². The minimum atomic E-state index is 0.598. The summed E-state index contributed by atoms with van der Waals surface area (Å²) in [7, 11) is 0. The maximum Gasteiger partial charge on any atom is 0.150 e. The van der Waals surface area contributed by atoms with Crippen LogP contribution in [0.4, 0.5) is 5.82 Å². The summed E-state index contributed by atoms with van der Waals surface area (Å²) in [6.45, 7) is 2.22. The van der Waals surface area contributed by atoms with Crippen molar-refractivity contribution in [1.82, 2.24) is 15.3 Å². The van der Waals surface area contributed by atoms with E-state index in [4.69, 9.17) is 0 Å². The van der Waals surface area contributed by atoms with E-state index in [1.807, 2.05) is 0 Å². The van der Waals surface area contributed by atoms with Crippen LogP contribution in [0.1, 0.15) is 25.7 Å². The highest BCUT2D eigenvalue weighted by atomic mass is 32.1. The van der Waals surface area contributed by atoms with Crippen LogP contribution in [-0.2, 0) is 0 Å². The van der Waals surface area contributed by atoms with Crippen molar-refractivity contribution in [3.63, 3.8) is 0 Å². The number of anilines is 1. The van der Waals surface area contributed by atoms with E-state index in [0.717, 1.165) is 30.5 Å². The first kappa shape index (κ1) is 11.6. The van der Waals surface area contributed by atoms with Gasteiger partial charge in [0.05, 0.1) is 10.2 Å². The second kappa shape index (κ2) is 4.72. The second-order valence-corrected chi connectivity index (χ2v) is 6.42. The Kier molecular flexibility index (Phi) is 2.89. The van der Waals surface area contributed by atoms with Gasteiger partial charge < -0.3 is 10.2 Å². The van der Waals surface area contributed by atoms with Gasteiger partial charge in [0.1, 0.15) is 12.1 Å². The third-order valence-electron chi connectivity index (χ3n) is 4.09. The van der Waals surface area contributed by atoms with Gasteiger partial charge in [-0.1, -0.05) is 0 Å². The molecule has 0 amide bonds. The van der Waals surface area contributed by atoms with Crippen molar-refractivity contribution in [2.45, 2.75) is 37.8 Å². The Morgan fingerprint density at radius 1 is 1.32 bits per heavy atom. The van der Waals surface area contributed by atoms with Gasteiger partial charge in [0.15, 0.2) is 0 Å². The van der Waals surface area contributed by atoms with Crippen LogP contribution in [0.5, 0.6) is 0 Å². The molecule has 4 nitrogen and oxygen atoms in total. The van der Waals surface area contributed by atoms with Crippen molar-refractivity contribution in [2.24, 2.45) is 0 Å². The van der Waals surface area contributed by atoms with E-state index in [0.29, 0.717) is 6.04 Å². The van der Waals surface area contributed by atoms with E-state index in [2.05, 4.69) is 31.6 Å². The number of nitrogens with one attached hydrogen (secondary N) is 1. The summed E-state index contributed by atoms with van der Waals surface area (Å²) in [6, 6.07) is 3.47. The minimum Gasteiger partial charge on any atom is -0.351 e. The minimum absolute atomic E-state index is 0.598. The molecule has 1 saturated carbocycles. The topological polar surface area (TPSA) is 41.1 Å². The zero-order valence-electron chi connectivity index (χ0n) is 10.9. The first-order valence-electron chi connectivity index (χ1n) is 7.10. The Morgan fingerprint density at radius 2 is 2.26 bits per heavy atom. The van der Waals surface area contributed by atoms with E-state index < -0.39 is 0 Å². The lowest BCUT2D eigenvalue weighted by Gasteiger charge is -2.26. The molecule has 0 spiro atoms. The molecule has 2 fully saturated rings. The van der Waals surface area contributed by atoms with E-state index in [-0.39, 0.29) is 0 Å². The highest BCUT2D eigenvalue weighted by Crippen LogP contribution is 2.32. The fourth-order valence-corrected chi connectivity index (χ4v) is 3.75. The van der Waals surface area contributed by atoms with Gasteiger partial charge in [-0.15, -0.1) is 11.3 Å². The average molecular weight is 274 g/mol. The molecule has 1 aliphatic carbocycles. The highest BCUT2D eigenvalue weighted by Gasteiger charge is 2.29. The normalized spacial score (nSPS) is 23.4. The zero-order valence-corrected chi connectivity index (χ0v) is 11.7. The SMILES string of the molecule is c1nc(N2CCCC2CNC2CC2)c2sccc2n1. The molecule has 2 aromatic heterocycles. The molecule has 1 saturated heterocycles. The van der Waals surface area contributed by atoms with Crippen LogP contribution in [0.3, 0.4) is 0 Å². The third-order valence-corrected chi connectivity index (χ3v) is 4.99. The Morgan fingerprint density at radius 3 is 3.16 bits per heavy atom. The van der Waals surface area contributed by atoms with Crippen LogP contribution in [-0.4, -0.2) is 35.1 Å². The smallest absolute Gasteiger partial charge is 0.150 e. The third kappa shape index (κ3) is 2.21. The summed E-state index contributed by atoms with van der Waals surface area (Å²) in [5.41, 5.74) is 1.08. The summed E-state index contributed by atoms with van der Waals surface area (Å²) < 4.78 is 1.24. The zero-order chi connectivity index (χ0) is 12.7. The lowest BCUT2D eigenvalue weighted by molar-refractivity contribution is 0.569. The molecule has 1 atom stereocenters. The Balaban J connectivity index is 1.60. The van der Waals surface area contributed by atoms with Gasteiger partial charge in [0.2, 0.25) is 0 Å². The van der Waals surface area contributed by atoms with Crippen LogP contribution in [0.2, 0.25) is 0 Å². The lowest BCUT2D eigenvalue weighted by atomic mass is 10.2. The fourth-order valence-electron chi connectivity index (χ4n) is 2.90. The molecule has 0 aromatic carbocycles.